The quantitative estimate of drug-likeness (QED) is 0.294. The van der Waals surface area contributed by atoms with Crippen molar-refractivity contribution in [1.29, 1.82) is 0 Å². The van der Waals surface area contributed by atoms with Gasteiger partial charge in [-0.3, -0.25) is 9.69 Å². The Hall–Kier alpha value is -2.36. The predicted molar refractivity (Wildman–Crippen MR) is 128 cm³/mol. The first-order valence-electron chi connectivity index (χ1n) is 9.24. The SMILES string of the molecule is COC(=O)C(C)N1C(=O)/C(=C/c2cc(Br)c(OCc3ccccc3)c(OC)c2)SC1=S. The van der Waals surface area contributed by atoms with Gasteiger partial charge in [0, 0.05) is 0 Å². The summed E-state index contributed by atoms with van der Waals surface area (Å²) in [4.78, 5) is 26.3. The molecule has 1 unspecified atom stereocenters. The van der Waals surface area contributed by atoms with Crippen LogP contribution in [-0.2, 0) is 20.9 Å². The molecule has 1 fully saturated rings. The molecule has 2 aromatic rings. The molecule has 1 saturated heterocycles. The fraction of sp³-hybridized carbons (Fsp3) is 0.227. The maximum Gasteiger partial charge on any atom is 0.328 e. The van der Waals surface area contributed by atoms with Gasteiger partial charge in [-0.15, -0.1) is 0 Å². The van der Waals surface area contributed by atoms with Crippen LogP contribution in [0, 0.1) is 0 Å². The molecule has 0 aliphatic carbocycles. The molecule has 162 valence electrons. The van der Waals surface area contributed by atoms with Crippen LogP contribution in [0.3, 0.4) is 0 Å². The number of nitrogens with zero attached hydrogens (tertiary/aromatic N) is 1. The zero-order valence-corrected chi connectivity index (χ0v) is 20.3. The molecule has 1 atom stereocenters. The maximum absolute atomic E-state index is 12.8. The van der Waals surface area contributed by atoms with Crippen LogP contribution in [0.1, 0.15) is 18.1 Å². The van der Waals surface area contributed by atoms with E-state index in [-0.39, 0.29) is 5.91 Å². The number of thiocarbonyl (C=S) groups is 1. The lowest BCUT2D eigenvalue weighted by molar-refractivity contribution is -0.147. The zero-order chi connectivity index (χ0) is 22.5. The summed E-state index contributed by atoms with van der Waals surface area (Å²) in [6.07, 6.45) is 1.71. The van der Waals surface area contributed by atoms with E-state index in [2.05, 4.69) is 15.9 Å². The van der Waals surface area contributed by atoms with E-state index in [1.807, 2.05) is 36.4 Å². The number of hydrogen-bond acceptors (Lipinski definition) is 7. The second kappa shape index (κ2) is 10.3. The maximum atomic E-state index is 12.8. The Morgan fingerprint density at radius 3 is 2.61 bits per heavy atom. The van der Waals surface area contributed by atoms with Gasteiger partial charge in [0.2, 0.25) is 0 Å². The largest absolute Gasteiger partial charge is 0.493 e. The van der Waals surface area contributed by atoms with Crippen LogP contribution in [0.2, 0.25) is 0 Å². The van der Waals surface area contributed by atoms with Crippen LogP contribution in [0.25, 0.3) is 6.08 Å². The Morgan fingerprint density at radius 2 is 1.97 bits per heavy atom. The molecule has 0 aromatic heterocycles. The highest BCUT2D eigenvalue weighted by Crippen LogP contribution is 2.40. The van der Waals surface area contributed by atoms with Crippen molar-refractivity contribution in [3.8, 4) is 11.5 Å². The second-order valence-corrected chi connectivity index (χ2v) is 9.09. The Kier molecular flexibility index (Phi) is 7.74. The van der Waals surface area contributed by atoms with Crippen molar-refractivity contribution in [2.24, 2.45) is 0 Å². The van der Waals surface area contributed by atoms with Gasteiger partial charge in [0.25, 0.3) is 5.91 Å². The van der Waals surface area contributed by atoms with E-state index >= 15 is 0 Å². The Labute approximate surface area is 198 Å². The molecule has 31 heavy (non-hydrogen) atoms. The third-order valence-electron chi connectivity index (χ3n) is 4.53. The number of amides is 1. The number of carbonyl (C=O) groups is 2. The number of ether oxygens (including phenoxy) is 3. The zero-order valence-electron chi connectivity index (χ0n) is 17.1. The van der Waals surface area contributed by atoms with E-state index in [0.29, 0.717) is 31.8 Å². The number of rotatable bonds is 7. The van der Waals surface area contributed by atoms with Crippen LogP contribution in [0.15, 0.2) is 51.8 Å². The number of esters is 1. The van der Waals surface area contributed by atoms with Gasteiger partial charge < -0.3 is 14.2 Å². The van der Waals surface area contributed by atoms with Crippen molar-refractivity contribution in [2.75, 3.05) is 14.2 Å². The molecule has 0 saturated carbocycles. The number of thioether (sulfide) groups is 1. The Balaban J connectivity index is 1.84. The molecule has 0 N–H and O–H groups in total. The molecule has 1 aliphatic heterocycles. The van der Waals surface area contributed by atoms with Crippen LogP contribution in [0.4, 0.5) is 0 Å². The number of benzene rings is 2. The van der Waals surface area contributed by atoms with Gasteiger partial charge in [-0.25, -0.2) is 4.79 Å². The van der Waals surface area contributed by atoms with E-state index in [1.54, 1.807) is 26.2 Å². The molecule has 1 aliphatic rings. The van der Waals surface area contributed by atoms with E-state index in [0.717, 1.165) is 22.9 Å². The molecule has 0 bridgehead atoms. The summed E-state index contributed by atoms with van der Waals surface area (Å²) in [5.41, 5.74) is 1.76. The molecule has 1 heterocycles. The number of halogens is 1. The summed E-state index contributed by atoms with van der Waals surface area (Å²) in [6, 6.07) is 12.6. The standard InChI is InChI=1S/C22H20BrNO5S2/c1-13(21(26)28-3)24-20(25)18(31-22(24)30)11-15-9-16(23)19(17(10-15)27-2)29-12-14-7-5-4-6-8-14/h4-11,13H,12H2,1-3H3/b18-11-. The van der Waals surface area contributed by atoms with E-state index in [4.69, 9.17) is 26.4 Å². The van der Waals surface area contributed by atoms with E-state index in [1.165, 1.54) is 12.0 Å². The van der Waals surface area contributed by atoms with Crippen LogP contribution < -0.4 is 9.47 Å². The summed E-state index contributed by atoms with van der Waals surface area (Å²) in [5.74, 6) is 0.222. The number of hydrogen-bond donors (Lipinski definition) is 0. The lowest BCUT2D eigenvalue weighted by Crippen LogP contribution is -2.42. The highest BCUT2D eigenvalue weighted by Gasteiger charge is 2.38. The van der Waals surface area contributed by atoms with Crippen molar-refractivity contribution >= 4 is 62.2 Å². The fourth-order valence-electron chi connectivity index (χ4n) is 2.93. The van der Waals surface area contributed by atoms with Crippen molar-refractivity contribution in [3.05, 3.63) is 63.0 Å². The molecule has 2 aromatic carbocycles. The van der Waals surface area contributed by atoms with Gasteiger partial charge in [0.15, 0.2) is 11.5 Å². The Morgan fingerprint density at radius 1 is 1.26 bits per heavy atom. The van der Waals surface area contributed by atoms with Crippen molar-refractivity contribution in [3.63, 3.8) is 0 Å². The summed E-state index contributed by atoms with van der Waals surface area (Å²) < 4.78 is 17.2. The average molecular weight is 522 g/mol. The monoisotopic (exact) mass is 521 g/mol. The number of carbonyl (C=O) groups excluding carboxylic acids is 2. The number of methoxy groups -OCH3 is 2. The fourth-order valence-corrected chi connectivity index (χ4v) is 4.93. The Bertz CT molecular complexity index is 1040. The third kappa shape index (κ3) is 5.28. The van der Waals surface area contributed by atoms with Crippen molar-refractivity contribution in [1.82, 2.24) is 4.90 Å². The average Bonchev–Trinajstić information content (AvgIpc) is 3.04. The first-order chi connectivity index (χ1) is 14.8. The highest BCUT2D eigenvalue weighted by molar-refractivity contribution is 9.10. The van der Waals surface area contributed by atoms with Crippen molar-refractivity contribution < 1.29 is 23.8 Å². The van der Waals surface area contributed by atoms with Gasteiger partial charge >= 0.3 is 5.97 Å². The summed E-state index contributed by atoms with van der Waals surface area (Å²) in [5, 5.41) is 0. The molecule has 0 spiro atoms. The second-order valence-electron chi connectivity index (χ2n) is 6.56. The molecular formula is C22H20BrNO5S2. The topological polar surface area (TPSA) is 65.1 Å². The molecule has 3 rings (SSSR count). The molecule has 1 amide bonds. The minimum atomic E-state index is -0.793. The van der Waals surface area contributed by atoms with Crippen molar-refractivity contribution in [2.45, 2.75) is 19.6 Å². The van der Waals surface area contributed by atoms with Gasteiger partial charge in [0.05, 0.1) is 23.6 Å². The normalized spacial score (nSPS) is 15.9. The van der Waals surface area contributed by atoms with E-state index in [9.17, 15) is 9.59 Å². The summed E-state index contributed by atoms with van der Waals surface area (Å²) in [7, 11) is 2.83. The van der Waals surface area contributed by atoms with Crippen LogP contribution in [-0.4, -0.2) is 41.4 Å². The van der Waals surface area contributed by atoms with Crippen LogP contribution in [0.5, 0.6) is 11.5 Å². The molecule has 0 radical (unpaired) electrons. The van der Waals surface area contributed by atoms with Gasteiger partial charge in [-0.2, -0.15) is 0 Å². The molecule has 6 nitrogen and oxygen atoms in total. The first-order valence-corrected chi connectivity index (χ1v) is 11.3. The third-order valence-corrected chi connectivity index (χ3v) is 6.45. The summed E-state index contributed by atoms with van der Waals surface area (Å²) >= 11 is 9.96. The van der Waals surface area contributed by atoms with E-state index < -0.39 is 12.0 Å². The minimum Gasteiger partial charge on any atom is -0.493 e. The van der Waals surface area contributed by atoms with Gasteiger partial charge in [-0.05, 0) is 52.2 Å². The molecular weight excluding hydrogens is 502 g/mol. The highest BCUT2D eigenvalue weighted by atomic mass is 79.9. The smallest absolute Gasteiger partial charge is 0.328 e. The van der Waals surface area contributed by atoms with Gasteiger partial charge in [0.1, 0.15) is 17.0 Å². The lowest BCUT2D eigenvalue weighted by atomic mass is 10.1. The lowest BCUT2D eigenvalue weighted by Gasteiger charge is -2.20. The minimum absolute atomic E-state index is 0.308. The van der Waals surface area contributed by atoms with Crippen LogP contribution >= 0.6 is 39.9 Å². The molecule has 9 heteroatoms. The predicted octanol–water partition coefficient (Wildman–Crippen LogP) is 4.80. The first kappa shape index (κ1) is 23.3. The van der Waals surface area contributed by atoms with Gasteiger partial charge in [-0.1, -0.05) is 54.3 Å². The summed E-state index contributed by atoms with van der Waals surface area (Å²) in [6.45, 7) is 1.97.